The highest BCUT2D eigenvalue weighted by atomic mass is 35.5. The van der Waals surface area contributed by atoms with E-state index in [1.165, 1.54) is 22.5 Å². The minimum atomic E-state index is -4.54. The summed E-state index contributed by atoms with van der Waals surface area (Å²) in [6.45, 7) is -0.475. The molecule has 11 heteroatoms. The average Bonchev–Trinajstić information content (AvgIpc) is 3.02. The van der Waals surface area contributed by atoms with Crippen LogP contribution in [0.1, 0.15) is 16.8 Å². The third kappa shape index (κ3) is 5.56. The van der Waals surface area contributed by atoms with E-state index in [-0.39, 0.29) is 28.8 Å². The van der Waals surface area contributed by atoms with Gasteiger partial charge in [-0.25, -0.2) is 8.42 Å². The van der Waals surface area contributed by atoms with Gasteiger partial charge in [0.15, 0.2) is 0 Å². The topological polar surface area (TPSA) is 92.5 Å². The number of nitrogens with one attached hydrogen (secondary N) is 1. The second kappa shape index (κ2) is 8.35. The number of nitrogens with two attached hydrogens (primary N) is 1. The van der Waals surface area contributed by atoms with E-state index in [1.807, 2.05) is 0 Å². The van der Waals surface area contributed by atoms with Crippen LogP contribution in [0.15, 0.2) is 29.2 Å². The van der Waals surface area contributed by atoms with Crippen molar-refractivity contribution in [1.29, 1.82) is 0 Å². The molecule has 1 aromatic rings. The predicted octanol–water partition coefficient (Wildman–Crippen LogP) is 1.37. The molecule has 1 fully saturated rings. The van der Waals surface area contributed by atoms with Crippen molar-refractivity contribution in [2.24, 2.45) is 11.7 Å². The van der Waals surface area contributed by atoms with Gasteiger partial charge >= 0.3 is 6.18 Å². The van der Waals surface area contributed by atoms with Crippen molar-refractivity contribution in [2.75, 3.05) is 26.2 Å². The summed E-state index contributed by atoms with van der Waals surface area (Å²) >= 11 is 0. The van der Waals surface area contributed by atoms with Crippen LogP contribution < -0.4 is 11.1 Å². The van der Waals surface area contributed by atoms with Gasteiger partial charge in [-0.2, -0.15) is 17.5 Å². The van der Waals surface area contributed by atoms with E-state index in [0.29, 0.717) is 26.1 Å². The van der Waals surface area contributed by atoms with Crippen LogP contribution in [0.5, 0.6) is 0 Å². The van der Waals surface area contributed by atoms with Gasteiger partial charge in [-0.1, -0.05) is 6.07 Å². The largest absolute Gasteiger partial charge is 0.405 e. The molecule has 0 saturated carbocycles. The Morgan fingerprint density at radius 1 is 1.36 bits per heavy atom. The molecule has 0 radical (unpaired) electrons. The van der Waals surface area contributed by atoms with Crippen LogP contribution in [0.2, 0.25) is 0 Å². The summed E-state index contributed by atoms with van der Waals surface area (Å²) in [5.41, 5.74) is 5.40. The second-order valence-electron chi connectivity index (χ2n) is 5.58. The number of carbonyl (C=O) groups excluding carboxylic acids is 1. The number of hydrogen-bond acceptors (Lipinski definition) is 4. The minimum Gasteiger partial charge on any atom is -0.343 e. The van der Waals surface area contributed by atoms with E-state index in [4.69, 9.17) is 5.73 Å². The summed E-state index contributed by atoms with van der Waals surface area (Å²) in [5.74, 6) is -0.899. The van der Waals surface area contributed by atoms with E-state index in [9.17, 15) is 26.4 Å². The molecule has 25 heavy (non-hydrogen) atoms. The third-order valence-electron chi connectivity index (χ3n) is 3.77. The molecular weight excluding hydrogens is 383 g/mol. The molecule has 0 aliphatic carbocycles. The molecule has 6 nitrogen and oxygen atoms in total. The van der Waals surface area contributed by atoms with Crippen LogP contribution in [-0.4, -0.2) is 51.0 Å². The number of amides is 1. The zero-order chi connectivity index (χ0) is 18.0. The van der Waals surface area contributed by atoms with Crippen molar-refractivity contribution >= 4 is 28.3 Å². The summed E-state index contributed by atoms with van der Waals surface area (Å²) in [6, 6.07) is 4.98. The van der Waals surface area contributed by atoms with Crippen LogP contribution in [0.3, 0.4) is 0 Å². The third-order valence-corrected chi connectivity index (χ3v) is 5.63. The van der Waals surface area contributed by atoms with Crippen molar-refractivity contribution in [3.05, 3.63) is 29.8 Å². The first kappa shape index (κ1) is 21.7. The molecule has 1 aliphatic rings. The lowest BCUT2D eigenvalue weighted by molar-refractivity contribution is -0.123. The molecule has 0 spiro atoms. The van der Waals surface area contributed by atoms with E-state index in [2.05, 4.69) is 0 Å². The van der Waals surface area contributed by atoms with E-state index < -0.39 is 28.7 Å². The van der Waals surface area contributed by atoms with Crippen LogP contribution in [0, 0.1) is 5.92 Å². The number of carbonyl (C=O) groups is 1. The summed E-state index contributed by atoms with van der Waals surface area (Å²) in [5, 5.41) is 1.71. The summed E-state index contributed by atoms with van der Waals surface area (Å²) in [4.78, 5) is 11.6. The maximum atomic E-state index is 12.6. The van der Waals surface area contributed by atoms with Gasteiger partial charge in [-0.3, -0.25) is 4.79 Å². The molecule has 1 aromatic carbocycles. The molecule has 1 heterocycles. The fourth-order valence-corrected chi connectivity index (χ4v) is 4.01. The van der Waals surface area contributed by atoms with E-state index in [0.717, 1.165) is 6.07 Å². The maximum Gasteiger partial charge on any atom is 0.405 e. The monoisotopic (exact) mass is 401 g/mol. The van der Waals surface area contributed by atoms with E-state index in [1.54, 1.807) is 5.32 Å². The standard InChI is InChI=1S/C14H18F3N3O3S.ClH/c15-14(16,17)9-19-13(21)11-2-1-3-12(6-11)24(22,23)20-5-4-10(7-18)8-20;/h1-3,6,10H,4-5,7-9,18H2,(H,19,21);1H. The summed E-state index contributed by atoms with van der Waals surface area (Å²) in [7, 11) is -3.81. The van der Waals surface area contributed by atoms with E-state index >= 15 is 0 Å². The molecule has 1 amide bonds. The number of rotatable bonds is 5. The van der Waals surface area contributed by atoms with Gasteiger partial charge in [0.1, 0.15) is 6.54 Å². The fraction of sp³-hybridized carbons (Fsp3) is 0.500. The number of halogens is 4. The Bertz CT molecular complexity index is 713. The lowest BCUT2D eigenvalue weighted by atomic mass is 10.1. The molecule has 2 rings (SSSR count). The number of nitrogens with zero attached hydrogens (tertiary/aromatic N) is 1. The van der Waals surface area contributed by atoms with Crippen molar-refractivity contribution in [1.82, 2.24) is 9.62 Å². The van der Waals surface area contributed by atoms with Gasteiger partial charge in [-0.15, -0.1) is 12.4 Å². The Morgan fingerprint density at radius 3 is 2.60 bits per heavy atom. The zero-order valence-electron chi connectivity index (χ0n) is 13.1. The van der Waals surface area contributed by atoms with Crippen molar-refractivity contribution in [2.45, 2.75) is 17.5 Å². The van der Waals surface area contributed by atoms with Crippen LogP contribution >= 0.6 is 12.4 Å². The SMILES string of the molecule is Cl.NCC1CCN(S(=O)(=O)c2cccc(C(=O)NCC(F)(F)F)c2)C1. The lowest BCUT2D eigenvalue weighted by Gasteiger charge is -2.17. The number of hydrogen-bond donors (Lipinski definition) is 2. The van der Waals surface area contributed by atoms with Crippen LogP contribution in [-0.2, 0) is 10.0 Å². The molecule has 1 saturated heterocycles. The number of benzene rings is 1. The van der Waals surface area contributed by atoms with Crippen molar-refractivity contribution < 1.29 is 26.4 Å². The quantitative estimate of drug-likeness (QED) is 0.779. The second-order valence-corrected chi connectivity index (χ2v) is 7.52. The highest BCUT2D eigenvalue weighted by Gasteiger charge is 2.32. The van der Waals surface area contributed by atoms with Gasteiger partial charge in [0.25, 0.3) is 5.91 Å². The Kier molecular flexibility index (Phi) is 7.24. The van der Waals surface area contributed by atoms with Gasteiger partial charge in [0.2, 0.25) is 10.0 Å². The Balaban J connectivity index is 0.00000312. The smallest absolute Gasteiger partial charge is 0.343 e. The molecule has 3 N–H and O–H groups in total. The first-order valence-electron chi connectivity index (χ1n) is 7.29. The van der Waals surface area contributed by atoms with Gasteiger partial charge in [0.05, 0.1) is 4.90 Å². The lowest BCUT2D eigenvalue weighted by Crippen LogP contribution is -2.34. The maximum absolute atomic E-state index is 12.6. The first-order valence-corrected chi connectivity index (χ1v) is 8.73. The number of sulfonamides is 1. The fourth-order valence-electron chi connectivity index (χ4n) is 2.44. The van der Waals surface area contributed by atoms with Crippen LogP contribution in [0.4, 0.5) is 13.2 Å². The predicted molar refractivity (Wildman–Crippen MR) is 88.0 cm³/mol. The molecule has 1 unspecified atom stereocenters. The molecule has 1 atom stereocenters. The van der Waals surface area contributed by atoms with Gasteiger partial charge in [-0.05, 0) is 37.1 Å². The summed E-state index contributed by atoms with van der Waals surface area (Å²) < 4.78 is 62.8. The van der Waals surface area contributed by atoms with Crippen LogP contribution in [0.25, 0.3) is 0 Å². The van der Waals surface area contributed by atoms with Gasteiger partial charge in [0, 0.05) is 18.7 Å². The minimum absolute atomic E-state index is 0. The van der Waals surface area contributed by atoms with Gasteiger partial charge < -0.3 is 11.1 Å². The molecular formula is C14H19ClF3N3O3S. The Morgan fingerprint density at radius 2 is 2.04 bits per heavy atom. The summed E-state index contributed by atoms with van der Waals surface area (Å²) in [6.07, 6.45) is -3.88. The van der Waals surface area contributed by atoms with Crippen molar-refractivity contribution in [3.8, 4) is 0 Å². The zero-order valence-corrected chi connectivity index (χ0v) is 14.8. The Labute approximate surface area is 150 Å². The first-order chi connectivity index (χ1) is 11.1. The molecule has 0 aromatic heterocycles. The number of alkyl halides is 3. The Hall–Kier alpha value is -1.36. The molecule has 142 valence electrons. The molecule has 0 bridgehead atoms. The molecule has 1 aliphatic heterocycles. The van der Waals surface area contributed by atoms with Crippen molar-refractivity contribution in [3.63, 3.8) is 0 Å². The normalized spacial score (nSPS) is 18.6. The highest BCUT2D eigenvalue weighted by molar-refractivity contribution is 7.89. The average molecular weight is 402 g/mol. The highest BCUT2D eigenvalue weighted by Crippen LogP contribution is 2.24.